The van der Waals surface area contributed by atoms with Crippen LogP contribution in [0.15, 0.2) is 18.2 Å². The highest BCUT2D eigenvalue weighted by atomic mass is 19.2. The Balaban J connectivity index is 2.13. The lowest BCUT2D eigenvalue weighted by Crippen LogP contribution is -2.17. The first kappa shape index (κ1) is 19.0. The highest BCUT2D eigenvalue weighted by Gasteiger charge is 2.25. The van der Waals surface area contributed by atoms with Crippen LogP contribution < -0.4 is 4.74 Å². The van der Waals surface area contributed by atoms with Crippen molar-refractivity contribution in [2.75, 3.05) is 6.61 Å². The van der Waals surface area contributed by atoms with E-state index < -0.39 is 11.6 Å². The van der Waals surface area contributed by atoms with Crippen LogP contribution in [0.25, 0.3) is 5.57 Å². The van der Waals surface area contributed by atoms with Crippen molar-refractivity contribution in [2.24, 2.45) is 11.8 Å². The number of halogens is 2. The molecule has 1 aliphatic carbocycles. The van der Waals surface area contributed by atoms with Crippen LogP contribution in [0.2, 0.25) is 0 Å². The number of rotatable bonds is 8. The van der Waals surface area contributed by atoms with Crippen LogP contribution in [0, 0.1) is 23.5 Å². The van der Waals surface area contributed by atoms with Crippen LogP contribution in [-0.2, 0) is 0 Å². The van der Waals surface area contributed by atoms with E-state index in [1.807, 2.05) is 0 Å². The maximum Gasteiger partial charge on any atom is 0.201 e. The lowest BCUT2D eigenvalue weighted by atomic mass is 9.76. The molecule has 2 rings (SSSR count). The van der Waals surface area contributed by atoms with E-state index in [0.29, 0.717) is 18.1 Å². The fourth-order valence-electron chi connectivity index (χ4n) is 3.93. The zero-order valence-electron chi connectivity index (χ0n) is 15.2. The second-order valence-electron chi connectivity index (χ2n) is 6.77. The molecule has 0 heterocycles. The molecule has 1 unspecified atom stereocenters. The van der Waals surface area contributed by atoms with Crippen molar-refractivity contribution in [1.29, 1.82) is 0 Å². The van der Waals surface area contributed by atoms with Crippen molar-refractivity contribution in [1.82, 2.24) is 0 Å². The molecule has 1 aromatic rings. The van der Waals surface area contributed by atoms with Gasteiger partial charge in [0.1, 0.15) is 0 Å². The topological polar surface area (TPSA) is 9.23 Å². The van der Waals surface area contributed by atoms with Gasteiger partial charge in [-0.05, 0) is 55.7 Å². The molecular weight excluding hydrogens is 306 g/mol. The molecule has 0 saturated carbocycles. The quantitative estimate of drug-likeness (QED) is 0.509. The molecule has 0 spiro atoms. The highest BCUT2D eigenvalue weighted by Crippen LogP contribution is 2.39. The van der Waals surface area contributed by atoms with Crippen molar-refractivity contribution in [3.63, 3.8) is 0 Å². The molecule has 0 fully saturated rings. The van der Waals surface area contributed by atoms with Gasteiger partial charge in [0, 0.05) is 5.56 Å². The van der Waals surface area contributed by atoms with Gasteiger partial charge in [0.25, 0.3) is 0 Å². The van der Waals surface area contributed by atoms with Gasteiger partial charge in [-0.3, -0.25) is 0 Å². The molecule has 0 aromatic heterocycles. The van der Waals surface area contributed by atoms with Gasteiger partial charge in [-0.25, -0.2) is 4.39 Å². The lowest BCUT2D eigenvalue weighted by molar-refractivity contribution is 0.272. The van der Waals surface area contributed by atoms with E-state index in [4.69, 9.17) is 4.74 Å². The second kappa shape index (κ2) is 9.19. The summed E-state index contributed by atoms with van der Waals surface area (Å²) in [7, 11) is 0. The molecule has 0 radical (unpaired) electrons. The van der Waals surface area contributed by atoms with E-state index in [9.17, 15) is 8.78 Å². The van der Waals surface area contributed by atoms with Crippen molar-refractivity contribution >= 4 is 5.57 Å². The van der Waals surface area contributed by atoms with Crippen LogP contribution in [0.3, 0.4) is 0 Å². The molecule has 134 valence electrons. The van der Waals surface area contributed by atoms with Crippen molar-refractivity contribution in [3.05, 3.63) is 35.4 Å². The Kier molecular flexibility index (Phi) is 7.26. The molecule has 1 atom stereocenters. The molecule has 1 aromatic carbocycles. The zero-order valence-corrected chi connectivity index (χ0v) is 15.2. The van der Waals surface area contributed by atoms with Gasteiger partial charge < -0.3 is 4.74 Å². The summed E-state index contributed by atoms with van der Waals surface area (Å²) in [5, 5.41) is 0. The first-order valence-electron chi connectivity index (χ1n) is 9.42. The van der Waals surface area contributed by atoms with Crippen LogP contribution >= 0.6 is 0 Å². The summed E-state index contributed by atoms with van der Waals surface area (Å²) in [6.45, 7) is 6.57. The molecule has 24 heavy (non-hydrogen) atoms. The fraction of sp³-hybridized carbons (Fsp3) is 0.619. The third kappa shape index (κ3) is 4.37. The summed E-state index contributed by atoms with van der Waals surface area (Å²) in [4.78, 5) is 0. The first-order chi connectivity index (χ1) is 11.6. The first-order valence-corrected chi connectivity index (χ1v) is 9.42. The second-order valence-corrected chi connectivity index (χ2v) is 6.77. The van der Waals surface area contributed by atoms with Gasteiger partial charge in [-0.2, -0.15) is 4.39 Å². The maximum absolute atomic E-state index is 14.4. The molecule has 0 amide bonds. The Morgan fingerprint density at radius 3 is 2.33 bits per heavy atom. The summed E-state index contributed by atoms with van der Waals surface area (Å²) in [6.07, 6.45) is 10.00. The average Bonchev–Trinajstić information content (AvgIpc) is 2.59. The molecule has 1 aliphatic rings. The van der Waals surface area contributed by atoms with E-state index >= 15 is 0 Å². The molecule has 0 bridgehead atoms. The van der Waals surface area contributed by atoms with Gasteiger partial charge in [-0.1, -0.05) is 45.6 Å². The minimum Gasteiger partial charge on any atom is -0.491 e. The van der Waals surface area contributed by atoms with Crippen molar-refractivity contribution in [3.8, 4) is 5.75 Å². The number of hydrogen-bond donors (Lipinski definition) is 0. The largest absolute Gasteiger partial charge is 0.491 e. The smallest absolute Gasteiger partial charge is 0.201 e. The van der Waals surface area contributed by atoms with Gasteiger partial charge in [0.2, 0.25) is 5.82 Å². The average molecular weight is 336 g/mol. The summed E-state index contributed by atoms with van der Waals surface area (Å²) in [6, 6.07) is 3.20. The Labute approximate surface area is 145 Å². The third-order valence-electron chi connectivity index (χ3n) is 5.13. The molecular formula is C21H30F2O. The Morgan fingerprint density at radius 2 is 1.79 bits per heavy atom. The fourth-order valence-corrected chi connectivity index (χ4v) is 3.93. The monoisotopic (exact) mass is 336 g/mol. The highest BCUT2D eigenvalue weighted by molar-refractivity contribution is 5.67. The molecule has 0 aliphatic heterocycles. The Morgan fingerprint density at radius 1 is 1.08 bits per heavy atom. The van der Waals surface area contributed by atoms with E-state index in [2.05, 4.69) is 19.9 Å². The van der Waals surface area contributed by atoms with E-state index in [0.717, 1.165) is 30.8 Å². The van der Waals surface area contributed by atoms with E-state index in [-0.39, 0.29) is 5.75 Å². The number of allylic oxidation sites excluding steroid dienone is 2. The Hall–Kier alpha value is -1.38. The maximum atomic E-state index is 14.4. The molecule has 3 heteroatoms. The number of ether oxygens (including phenoxy) is 1. The van der Waals surface area contributed by atoms with E-state index in [1.54, 1.807) is 19.1 Å². The summed E-state index contributed by atoms with van der Waals surface area (Å²) in [5.41, 5.74) is 1.34. The predicted octanol–water partition coefficient (Wildman–Crippen LogP) is 6.76. The molecule has 1 nitrogen and oxygen atoms in total. The number of benzene rings is 1. The van der Waals surface area contributed by atoms with Gasteiger partial charge in [0.15, 0.2) is 11.6 Å². The summed E-state index contributed by atoms with van der Waals surface area (Å²) in [5.74, 6) is -0.195. The zero-order chi connectivity index (χ0) is 17.5. The predicted molar refractivity (Wildman–Crippen MR) is 96.2 cm³/mol. The summed E-state index contributed by atoms with van der Waals surface area (Å²) < 4.78 is 33.6. The van der Waals surface area contributed by atoms with Crippen molar-refractivity contribution < 1.29 is 13.5 Å². The lowest BCUT2D eigenvalue weighted by Gasteiger charge is -2.30. The minimum absolute atomic E-state index is 0.000934. The van der Waals surface area contributed by atoms with Crippen LogP contribution in [0.4, 0.5) is 8.78 Å². The third-order valence-corrected chi connectivity index (χ3v) is 5.13. The SMILES string of the molecule is CCCC(CCC)C1CC=C(c2ccc(OCC)c(F)c2F)CC1. The number of hydrogen-bond acceptors (Lipinski definition) is 1. The standard InChI is InChI=1S/C21H30F2O/c1-4-7-15(8-5-2)16-9-11-17(12-10-16)18-13-14-19(24-6-3)21(23)20(18)22/h11,13-16H,4-10,12H2,1-3H3. The van der Waals surface area contributed by atoms with Gasteiger partial charge in [-0.15, -0.1) is 0 Å². The van der Waals surface area contributed by atoms with Gasteiger partial charge >= 0.3 is 0 Å². The molecule has 0 N–H and O–H groups in total. The Bertz CT molecular complexity index is 559. The molecule has 0 saturated heterocycles. The minimum atomic E-state index is -0.868. The summed E-state index contributed by atoms with van der Waals surface area (Å²) >= 11 is 0. The van der Waals surface area contributed by atoms with Crippen molar-refractivity contribution in [2.45, 2.75) is 65.7 Å². The van der Waals surface area contributed by atoms with Crippen LogP contribution in [0.5, 0.6) is 5.75 Å². The van der Waals surface area contributed by atoms with Crippen LogP contribution in [0.1, 0.15) is 71.3 Å². The van der Waals surface area contributed by atoms with Crippen LogP contribution in [-0.4, -0.2) is 6.61 Å². The normalized spacial score (nSPS) is 17.9. The van der Waals surface area contributed by atoms with Gasteiger partial charge in [0.05, 0.1) is 6.61 Å². The van der Waals surface area contributed by atoms with E-state index in [1.165, 1.54) is 25.7 Å².